The Morgan fingerprint density at radius 3 is 2.61 bits per heavy atom. The standard InChI is InChI=1S/C27H31N5O6/c28-16-4-9-24(30-15-16)37-11-3-1-2-10-29-17-12-19(13-17)38-18-5-6-20-21(14-18)27(36)32(26(20)35)22-7-8-23(33)31-25(22)34/h4-6,9,14-15,17,19,22,29H,1-3,7-8,10-13,28H2,(H,31,33,34). The fourth-order valence-corrected chi connectivity index (χ4v) is 4.91. The number of nitrogen functional groups attached to an aromatic ring is 1. The lowest BCUT2D eigenvalue weighted by molar-refractivity contribution is -0.136. The highest BCUT2D eigenvalue weighted by Gasteiger charge is 2.44. The maximum Gasteiger partial charge on any atom is 0.262 e. The first-order valence-electron chi connectivity index (χ1n) is 13.0. The highest BCUT2D eigenvalue weighted by Crippen LogP contribution is 2.32. The van der Waals surface area contributed by atoms with Crippen LogP contribution in [-0.2, 0) is 9.59 Å². The molecule has 4 N–H and O–H groups in total. The van der Waals surface area contributed by atoms with E-state index in [4.69, 9.17) is 15.2 Å². The van der Waals surface area contributed by atoms with Crippen LogP contribution in [0, 0.1) is 0 Å². The smallest absolute Gasteiger partial charge is 0.262 e. The number of amides is 4. The number of imide groups is 2. The Balaban J connectivity index is 1.01. The summed E-state index contributed by atoms with van der Waals surface area (Å²) in [5, 5.41) is 5.74. The second-order valence-electron chi connectivity index (χ2n) is 9.86. The third kappa shape index (κ3) is 5.62. The van der Waals surface area contributed by atoms with Gasteiger partial charge in [-0.25, -0.2) is 4.98 Å². The molecule has 200 valence electrons. The van der Waals surface area contributed by atoms with Crippen LogP contribution in [0.3, 0.4) is 0 Å². The van der Waals surface area contributed by atoms with E-state index < -0.39 is 29.7 Å². The molecule has 3 heterocycles. The summed E-state index contributed by atoms with van der Waals surface area (Å²) in [6.45, 7) is 1.54. The number of pyridine rings is 1. The Bertz CT molecular complexity index is 1230. The molecule has 11 nitrogen and oxygen atoms in total. The molecule has 2 aromatic rings. The van der Waals surface area contributed by atoms with Gasteiger partial charge in [0.15, 0.2) is 0 Å². The number of nitrogens with two attached hydrogens (primary N) is 1. The van der Waals surface area contributed by atoms with Crippen molar-refractivity contribution in [1.29, 1.82) is 0 Å². The Morgan fingerprint density at radius 2 is 1.84 bits per heavy atom. The molecule has 1 saturated heterocycles. The van der Waals surface area contributed by atoms with E-state index in [1.165, 1.54) is 0 Å². The monoisotopic (exact) mass is 521 g/mol. The van der Waals surface area contributed by atoms with Crippen molar-refractivity contribution < 1.29 is 28.7 Å². The van der Waals surface area contributed by atoms with Crippen LogP contribution in [0.15, 0.2) is 36.5 Å². The molecule has 5 rings (SSSR count). The first-order valence-corrected chi connectivity index (χ1v) is 13.0. The van der Waals surface area contributed by atoms with E-state index in [-0.39, 0.29) is 30.1 Å². The number of nitrogens with one attached hydrogen (secondary N) is 2. The Kier molecular flexibility index (Phi) is 7.54. The van der Waals surface area contributed by atoms with Gasteiger partial charge in [-0.15, -0.1) is 0 Å². The summed E-state index contributed by atoms with van der Waals surface area (Å²) in [6.07, 6.45) is 6.59. The van der Waals surface area contributed by atoms with Crippen molar-refractivity contribution in [2.75, 3.05) is 18.9 Å². The predicted molar refractivity (Wildman–Crippen MR) is 137 cm³/mol. The van der Waals surface area contributed by atoms with Gasteiger partial charge in [-0.1, -0.05) is 0 Å². The number of benzene rings is 1. The number of rotatable bonds is 11. The minimum atomic E-state index is -0.976. The Hall–Kier alpha value is -3.99. The van der Waals surface area contributed by atoms with Gasteiger partial charge < -0.3 is 20.5 Å². The van der Waals surface area contributed by atoms with Crippen LogP contribution in [0.25, 0.3) is 0 Å². The van der Waals surface area contributed by atoms with Gasteiger partial charge >= 0.3 is 0 Å². The third-order valence-corrected chi connectivity index (χ3v) is 7.07. The summed E-state index contributed by atoms with van der Waals surface area (Å²) in [4.78, 5) is 54.5. The van der Waals surface area contributed by atoms with Crippen LogP contribution in [0.1, 0.15) is 65.7 Å². The van der Waals surface area contributed by atoms with Crippen LogP contribution < -0.4 is 25.8 Å². The SMILES string of the molecule is Nc1ccc(OCCCCCNC2CC(Oc3ccc4c(c3)C(=O)N(C3CCC(=O)NC3=O)C4=O)C2)nc1. The van der Waals surface area contributed by atoms with Crippen molar-refractivity contribution in [2.24, 2.45) is 0 Å². The molecular weight excluding hydrogens is 490 g/mol. The Morgan fingerprint density at radius 1 is 1.03 bits per heavy atom. The molecule has 38 heavy (non-hydrogen) atoms. The Labute approximate surface area is 220 Å². The zero-order valence-electron chi connectivity index (χ0n) is 21.0. The van der Waals surface area contributed by atoms with Crippen molar-refractivity contribution in [2.45, 2.75) is 63.1 Å². The summed E-state index contributed by atoms with van der Waals surface area (Å²) in [7, 11) is 0. The topological polar surface area (TPSA) is 153 Å². The molecule has 1 aliphatic carbocycles. The summed E-state index contributed by atoms with van der Waals surface area (Å²) >= 11 is 0. The molecule has 3 aliphatic rings. The number of hydrogen-bond donors (Lipinski definition) is 3. The van der Waals surface area contributed by atoms with E-state index in [1.807, 2.05) is 0 Å². The molecule has 1 aromatic carbocycles. The van der Waals surface area contributed by atoms with E-state index in [9.17, 15) is 19.2 Å². The first-order chi connectivity index (χ1) is 18.4. The van der Waals surface area contributed by atoms with Gasteiger partial charge in [0.1, 0.15) is 17.9 Å². The van der Waals surface area contributed by atoms with Crippen LogP contribution >= 0.6 is 0 Å². The molecule has 1 aromatic heterocycles. The first kappa shape index (κ1) is 25.7. The lowest BCUT2D eigenvalue weighted by Gasteiger charge is -2.36. The lowest BCUT2D eigenvalue weighted by Crippen LogP contribution is -2.54. The number of unbranched alkanes of at least 4 members (excludes halogenated alkanes) is 2. The molecule has 0 spiro atoms. The fourth-order valence-electron chi connectivity index (χ4n) is 4.91. The van der Waals surface area contributed by atoms with E-state index in [2.05, 4.69) is 15.6 Å². The highest BCUT2D eigenvalue weighted by molar-refractivity contribution is 6.23. The number of ether oxygens (including phenoxy) is 2. The molecule has 4 amide bonds. The van der Waals surface area contributed by atoms with Gasteiger partial charge in [0, 0.05) is 18.5 Å². The predicted octanol–water partition coefficient (Wildman–Crippen LogP) is 1.81. The van der Waals surface area contributed by atoms with Gasteiger partial charge in [0.2, 0.25) is 17.7 Å². The number of carbonyl (C=O) groups is 4. The van der Waals surface area contributed by atoms with Gasteiger partial charge in [0.05, 0.1) is 29.6 Å². The molecule has 11 heteroatoms. The molecule has 0 bridgehead atoms. The van der Waals surface area contributed by atoms with Crippen molar-refractivity contribution >= 4 is 29.3 Å². The van der Waals surface area contributed by atoms with Gasteiger partial charge in [-0.2, -0.15) is 0 Å². The van der Waals surface area contributed by atoms with Gasteiger partial charge in [-0.3, -0.25) is 29.4 Å². The van der Waals surface area contributed by atoms with Crippen molar-refractivity contribution in [1.82, 2.24) is 20.5 Å². The van der Waals surface area contributed by atoms with Gasteiger partial charge in [0.25, 0.3) is 11.8 Å². The van der Waals surface area contributed by atoms with Crippen LogP contribution in [0.4, 0.5) is 5.69 Å². The zero-order chi connectivity index (χ0) is 26.6. The number of hydrogen-bond acceptors (Lipinski definition) is 9. The molecule has 1 unspecified atom stereocenters. The summed E-state index contributed by atoms with van der Waals surface area (Å²) < 4.78 is 11.6. The van der Waals surface area contributed by atoms with Gasteiger partial charge in [-0.05, 0) is 69.3 Å². The van der Waals surface area contributed by atoms with Crippen LogP contribution in [-0.4, -0.2) is 64.9 Å². The molecular formula is C27H31N5O6. The summed E-state index contributed by atoms with van der Waals surface area (Å²) in [6, 6.07) is 7.77. The average Bonchev–Trinajstić information content (AvgIpc) is 3.12. The van der Waals surface area contributed by atoms with E-state index in [0.29, 0.717) is 30.0 Å². The maximum absolute atomic E-state index is 13.0. The van der Waals surface area contributed by atoms with Crippen molar-refractivity contribution in [3.8, 4) is 11.6 Å². The third-order valence-electron chi connectivity index (χ3n) is 7.07. The minimum Gasteiger partial charge on any atom is -0.490 e. The molecule has 1 atom stereocenters. The minimum absolute atomic E-state index is 0.0322. The quantitative estimate of drug-likeness (QED) is 0.297. The lowest BCUT2D eigenvalue weighted by atomic mass is 9.89. The molecule has 1 saturated carbocycles. The van der Waals surface area contributed by atoms with E-state index >= 15 is 0 Å². The van der Waals surface area contributed by atoms with Crippen molar-refractivity contribution in [3.05, 3.63) is 47.7 Å². The number of fused-ring (bicyclic) bond motifs is 1. The molecule has 2 aliphatic heterocycles. The highest BCUT2D eigenvalue weighted by atomic mass is 16.5. The zero-order valence-corrected chi connectivity index (χ0v) is 21.0. The maximum atomic E-state index is 13.0. The fraction of sp³-hybridized carbons (Fsp3) is 0.444. The number of piperidine rings is 1. The largest absolute Gasteiger partial charge is 0.490 e. The molecule has 0 radical (unpaired) electrons. The summed E-state index contributed by atoms with van der Waals surface area (Å²) in [5.74, 6) is -0.966. The number of nitrogens with zero attached hydrogens (tertiary/aromatic N) is 2. The molecule has 2 fully saturated rings. The number of carbonyl (C=O) groups excluding carboxylic acids is 4. The average molecular weight is 522 g/mol. The number of anilines is 1. The normalized spacial score (nSPS) is 22.6. The van der Waals surface area contributed by atoms with Crippen LogP contribution in [0.2, 0.25) is 0 Å². The summed E-state index contributed by atoms with van der Waals surface area (Å²) in [5.41, 5.74) is 6.70. The van der Waals surface area contributed by atoms with E-state index in [0.717, 1.165) is 43.5 Å². The second kappa shape index (κ2) is 11.2. The second-order valence-corrected chi connectivity index (χ2v) is 9.86. The van der Waals surface area contributed by atoms with Crippen molar-refractivity contribution in [3.63, 3.8) is 0 Å². The van der Waals surface area contributed by atoms with E-state index in [1.54, 1.807) is 36.5 Å². The number of aromatic nitrogens is 1. The van der Waals surface area contributed by atoms with Crippen LogP contribution in [0.5, 0.6) is 11.6 Å².